The fourth-order valence-corrected chi connectivity index (χ4v) is 3.28. The molecule has 0 aliphatic carbocycles. The van der Waals surface area contributed by atoms with Gasteiger partial charge >= 0.3 is 0 Å². The largest absolute Gasteiger partial charge is 0.396 e. The molecule has 1 rings (SSSR count). The summed E-state index contributed by atoms with van der Waals surface area (Å²) in [5, 5.41) is 12.2. The molecule has 0 heterocycles. The van der Waals surface area contributed by atoms with Gasteiger partial charge in [-0.1, -0.05) is 30.3 Å². The molecule has 4 N–H and O–H groups in total. The van der Waals surface area contributed by atoms with Gasteiger partial charge in [0.25, 0.3) is 0 Å². The lowest BCUT2D eigenvalue weighted by atomic mass is 9.90. The van der Waals surface area contributed by atoms with Gasteiger partial charge in [-0.25, -0.2) is 0 Å². The Bertz CT molecular complexity index is 412. The van der Waals surface area contributed by atoms with Crippen molar-refractivity contribution >= 4 is 17.7 Å². The highest BCUT2D eigenvalue weighted by Crippen LogP contribution is 2.27. The molecule has 0 aliphatic rings. The molecule has 0 saturated heterocycles. The zero-order chi connectivity index (χ0) is 15.0. The summed E-state index contributed by atoms with van der Waals surface area (Å²) in [6.45, 7) is 4.16. The van der Waals surface area contributed by atoms with E-state index in [0.29, 0.717) is 5.75 Å². The van der Waals surface area contributed by atoms with E-state index in [1.165, 1.54) is 0 Å². The number of nitrogens with two attached hydrogens (primary N) is 1. The molecule has 0 radical (unpaired) electrons. The Morgan fingerprint density at radius 3 is 2.55 bits per heavy atom. The van der Waals surface area contributed by atoms with E-state index in [4.69, 9.17) is 10.8 Å². The first-order chi connectivity index (χ1) is 9.53. The summed E-state index contributed by atoms with van der Waals surface area (Å²) < 4.78 is 0. The molecule has 4 nitrogen and oxygen atoms in total. The van der Waals surface area contributed by atoms with Gasteiger partial charge in [-0.3, -0.25) is 10.1 Å². The topological polar surface area (TPSA) is 75.3 Å². The maximum Gasteiger partial charge on any atom is 0.243 e. The zero-order valence-corrected chi connectivity index (χ0v) is 13.0. The minimum Gasteiger partial charge on any atom is -0.396 e. The summed E-state index contributed by atoms with van der Waals surface area (Å²) in [6.07, 6.45) is 0.718. The van der Waals surface area contributed by atoms with Gasteiger partial charge in [0.15, 0.2) is 0 Å². The van der Waals surface area contributed by atoms with Crippen LogP contribution in [0.1, 0.15) is 25.8 Å². The molecular weight excluding hydrogens is 272 g/mol. The lowest BCUT2D eigenvalue weighted by Crippen LogP contribution is -2.57. The van der Waals surface area contributed by atoms with E-state index in [1.807, 2.05) is 44.2 Å². The molecule has 1 unspecified atom stereocenters. The Morgan fingerprint density at radius 2 is 2.05 bits per heavy atom. The standard InChI is InChI=1S/C15H24N2O2S/c1-12(2)17-15(14(16)19,11-20-10-6-9-18)13-7-4-3-5-8-13/h3-5,7-8,12,17-18H,6,9-11H2,1-2H3,(H2,16,19). The van der Waals surface area contributed by atoms with Crippen molar-refractivity contribution in [3.8, 4) is 0 Å². The summed E-state index contributed by atoms with van der Waals surface area (Å²) in [5.74, 6) is 0.997. The van der Waals surface area contributed by atoms with Crippen LogP contribution in [0.4, 0.5) is 0 Å². The van der Waals surface area contributed by atoms with E-state index in [-0.39, 0.29) is 18.6 Å². The normalized spacial score (nSPS) is 14.2. The second kappa shape index (κ2) is 8.29. The van der Waals surface area contributed by atoms with Gasteiger partial charge in [0.2, 0.25) is 5.91 Å². The fourth-order valence-electron chi connectivity index (χ4n) is 2.10. The number of carbonyl (C=O) groups is 1. The van der Waals surface area contributed by atoms with Gasteiger partial charge in [-0.05, 0) is 31.6 Å². The highest BCUT2D eigenvalue weighted by molar-refractivity contribution is 7.99. The first-order valence-electron chi connectivity index (χ1n) is 6.84. The van der Waals surface area contributed by atoms with E-state index in [1.54, 1.807) is 11.8 Å². The molecule has 20 heavy (non-hydrogen) atoms. The Balaban J connectivity index is 2.99. The number of aliphatic hydroxyl groups excluding tert-OH is 1. The van der Waals surface area contributed by atoms with Crippen LogP contribution in [0.15, 0.2) is 30.3 Å². The Hall–Kier alpha value is -1.04. The van der Waals surface area contributed by atoms with Gasteiger partial charge in [0.05, 0.1) is 0 Å². The van der Waals surface area contributed by atoms with Crippen molar-refractivity contribution in [2.45, 2.75) is 31.8 Å². The number of thioether (sulfide) groups is 1. The molecule has 1 aromatic rings. The predicted molar refractivity (Wildman–Crippen MR) is 84.6 cm³/mol. The van der Waals surface area contributed by atoms with Gasteiger partial charge in [-0.2, -0.15) is 11.8 Å². The van der Waals surface area contributed by atoms with Gasteiger partial charge in [0, 0.05) is 18.4 Å². The predicted octanol–water partition coefficient (Wildman–Crippen LogP) is 1.48. The molecule has 0 bridgehead atoms. The molecule has 1 amide bonds. The number of amides is 1. The van der Waals surface area contributed by atoms with Crippen molar-refractivity contribution in [2.75, 3.05) is 18.1 Å². The summed E-state index contributed by atoms with van der Waals surface area (Å²) in [5.41, 5.74) is 5.72. The molecule has 1 atom stereocenters. The molecule has 0 saturated carbocycles. The quantitative estimate of drug-likeness (QED) is 0.603. The summed E-state index contributed by atoms with van der Waals surface area (Å²) in [6, 6.07) is 9.73. The van der Waals surface area contributed by atoms with Crippen LogP contribution in [0.3, 0.4) is 0 Å². The highest BCUT2D eigenvalue weighted by Gasteiger charge is 2.38. The SMILES string of the molecule is CC(C)NC(CSCCCO)(C(N)=O)c1ccccc1. The minimum atomic E-state index is -0.866. The maximum atomic E-state index is 12.1. The van der Waals surface area contributed by atoms with Crippen LogP contribution in [0.25, 0.3) is 0 Å². The molecule has 1 aromatic carbocycles. The molecule has 0 aliphatic heterocycles. The van der Waals surface area contributed by atoms with Crippen molar-refractivity contribution in [3.05, 3.63) is 35.9 Å². The Morgan fingerprint density at radius 1 is 1.40 bits per heavy atom. The summed E-state index contributed by atoms with van der Waals surface area (Å²) in [7, 11) is 0. The van der Waals surface area contributed by atoms with E-state index >= 15 is 0 Å². The molecule has 5 heteroatoms. The van der Waals surface area contributed by atoms with Gasteiger partial charge in [-0.15, -0.1) is 0 Å². The van der Waals surface area contributed by atoms with Crippen LogP contribution >= 0.6 is 11.8 Å². The van der Waals surface area contributed by atoms with E-state index in [2.05, 4.69) is 5.32 Å². The van der Waals surface area contributed by atoms with Crippen molar-refractivity contribution in [1.82, 2.24) is 5.32 Å². The summed E-state index contributed by atoms with van der Waals surface area (Å²) in [4.78, 5) is 12.1. The van der Waals surface area contributed by atoms with Crippen LogP contribution in [0.2, 0.25) is 0 Å². The number of benzene rings is 1. The third-order valence-electron chi connectivity index (χ3n) is 2.99. The average molecular weight is 296 g/mol. The molecular formula is C15H24N2O2S. The molecule has 0 aromatic heterocycles. The summed E-state index contributed by atoms with van der Waals surface area (Å²) >= 11 is 1.63. The Kier molecular flexibility index (Phi) is 7.05. The number of rotatable bonds is 9. The van der Waals surface area contributed by atoms with E-state index in [9.17, 15) is 4.79 Å². The van der Waals surface area contributed by atoms with Gasteiger partial charge in [0.1, 0.15) is 5.54 Å². The Labute approximate surface area is 125 Å². The number of nitrogens with one attached hydrogen (secondary N) is 1. The van der Waals surface area contributed by atoms with E-state index < -0.39 is 5.54 Å². The third-order valence-corrected chi connectivity index (χ3v) is 4.20. The number of carbonyl (C=O) groups excluding carboxylic acids is 1. The van der Waals surface area contributed by atoms with Crippen molar-refractivity contribution in [2.24, 2.45) is 5.73 Å². The van der Waals surface area contributed by atoms with Crippen molar-refractivity contribution in [1.29, 1.82) is 0 Å². The second-order valence-electron chi connectivity index (χ2n) is 5.06. The van der Waals surface area contributed by atoms with Gasteiger partial charge < -0.3 is 10.8 Å². The number of hydrogen-bond acceptors (Lipinski definition) is 4. The fraction of sp³-hybridized carbons (Fsp3) is 0.533. The monoisotopic (exact) mass is 296 g/mol. The van der Waals surface area contributed by atoms with Crippen LogP contribution in [0, 0.1) is 0 Å². The lowest BCUT2D eigenvalue weighted by molar-refractivity contribution is -0.124. The van der Waals surface area contributed by atoms with Crippen LogP contribution < -0.4 is 11.1 Å². The molecule has 112 valence electrons. The number of hydrogen-bond donors (Lipinski definition) is 3. The smallest absolute Gasteiger partial charge is 0.243 e. The van der Waals surface area contributed by atoms with E-state index in [0.717, 1.165) is 17.7 Å². The minimum absolute atomic E-state index is 0.140. The number of aliphatic hydroxyl groups is 1. The lowest BCUT2D eigenvalue weighted by Gasteiger charge is -2.34. The number of primary amides is 1. The average Bonchev–Trinajstić information content (AvgIpc) is 2.42. The molecule has 0 spiro atoms. The van der Waals surface area contributed by atoms with Crippen molar-refractivity contribution < 1.29 is 9.90 Å². The maximum absolute atomic E-state index is 12.1. The zero-order valence-electron chi connectivity index (χ0n) is 12.1. The first kappa shape index (κ1) is 17.0. The second-order valence-corrected chi connectivity index (χ2v) is 6.17. The van der Waals surface area contributed by atoms with Crippen LogP contribution in [0.5, 0.6) is 0 Å². The van der Waals surface area contributed by atoms with Crippen LogP contribution in [-0.2, 0) is 10.3 Å². The third kappa shape index (κ3) is 4.51. The molecule has 0 fully saturated rings. The highest BCUT2D eigenvalue weighted by atomic mass is 32.2. The van der Waals surface area contributed by atoms with Crippen molar-refractivity contribution in [3.63, 3.8) is 0 Å². The van der Waals surface area contributed by atoms with Crippen LogP contribution in [-0.4, -0.2) is 35.2 Å². The first-order valence-corrected chi connectivity index (χ1v) is 8.00.